The quantitative estimate of drug-likeness (QED) is 0.860. The minimum absolute atomic E-state index is 0.00312. The van der Waals surface area contributed by atoms with Crippen molar-refractivity contribution in [2.75, 3.05) is 20.3 Å². The summed E-state index contributed by atoms with van der Waals surface area (Å²) in [5, 5.41) is 0. The average molecular weight is 338 g/mol. The molecule has 2 atom stereocenters. The monoisotopic (exact) mass is 338 g/mol. The largest absolute Gasteiger partial charge is 0.472 e. The number of aromatic nitrogens is 1. The van der Waals surface area contributed by atoms with Gasteiger partial charge in [-0.05, 0) is 30.0 Å². The maximum absolute atomic E-state index is 12.9. The fraction of sp³-hybridized carbons (Fsp3) is 0.400. The predicted octanol–water partition coefficient (Wildman–Crippen LogP) is 3.01. The summed E-state index contributed by atoms with van der Waals surface area (Å²) in [5.74, 6) is 0.484. The first-order valence-electron chi connectivity index (χ1n) is 8.78. The van der Waals surface area contributed by atoms with Crippen LogP contribution in [-0.4, -0.2) is 42.2 Å². The standard InChI is InChI=1S/C20H22N2O3/c1-22(18-7-6-14-4-2-3-5-17(14)18)20(23)15-8-10-21-19(12-15)25-16-9-11-24-13-16/h2-5,8,10,12,16,18H,6-7,9,11,13H2,1H3. The van der Waals surface area contributed by atoms with Crippen LogP contribution in [-0.2, 0) is 11.2 Å². The molecule has 2 aliphatic rings. The van der Waals surface area contributed by atoms with Gasteiger partial charge in [0, 0.05) is 31.3 Å². The van der Waals surface area contributed by atoms with Crippen LogP contribution >= 0.6 is 0 Å². The Morgan fingerprint density at radius 2 is 2.16 bits per heavy atom. The van der Waals surface area contributed by atoms with Gasteiger partial charge in [-0.25, -0.2) is 4.98 Å². The molecule has 2 aromatic rings. The third-order valence-corrected chi connectivity index (χ3v) is 5.05. The molecule has 1 saturated heterocycles. The van der Waals surface area contributed by atoms with Gasteiger partial charge >= 0.3 is 0 Å². The van der Waals surface area contributed by atoms with Crippen LogP contribution < -0.4 is 4.74 Å². The van der Waals surface area contributed by atoms with Crippen LogP contribution in [0, 0.1) is 0 Å². The molecule has 0 radical (unpaired) electrons. The van der Waals surface area contributed by atoms with E-state index in [1.807, 2.05) is 18.0 Å². The third kappa shape index (κ3) is 3.24. The zero-order chi connectivity index (χ0) is 17.2. The van der Waals surface area contributed by atoms with Gasteiger partial charge in [-0.2, -0.15) is 0 Å². The van der Waals surface area contributed by atoms with E-state index in [0.29, 0.717) is 24.7 Å². The molecule has 1 fully saturated rings. The lowest BCUT2D eigenvalue weighted by Crippen LogP contribution is -2.30. The number of rotatable bonds is 4. The van der Waals surface area contributed by atoms with Crippen molar-refractivity contribution in [2.45, 2.75) is 31.4 Å². The zero-order valence-corrected chi connectivity index (χ0v) is 14.4. The van der Waals surface area contributed by atoms with Crippen LogP contribution in [0.2, 0.25) is 0 Å². The Labute approximate surface area is 147 Å². The molecule has 0 N–H and O–H groups in total. The van der Waals surface area contributed by atoms with Crippen molar-refractivity contribution in [3.05, 3.63) is 59.3 Å². The molecule has 1 aromatic heterocycles. The molecule has 4 rings (SSSR count). The van der Waals surface area contributed by atoms with Gasteiger partial charge in [0.1, 0.15) is 6.10 Å². The molecule has 130 valence electrons. The van der Waals surface area contributed by atoms with Crippen molar-refractivity contribution < 1.29 is 14.3 Å². The molecule has 1 aliphatic heterocycles. The molecule has 5 nitrogen and oxygen atoms in total. The molecule has 1 aromatic carbocycles. The highest BCUT2D eigenvalue weighted by atomic mass is 16.5. The van der Waals surface area contributed by atoms with E-state index in [2.05, 4.69) is 23.2 Å². The number of pyridine rings is 1. The van der Waals surface area contributed by atoms with Crippen LogP contribution in [0.3, 0.4) is 0 Å². The molecule has 1 aliphatic carbocycles. The highest BCUT2D eigenvalue weighted by molar-refractivity contribution is 5.94. The van der Waals surface area contributed by atoms with Crippen LogP contribution in [0.25, 0.3) is 0 Å². The second-order valence-corrected chi connectivity index (χ2v) is 6.66. The number of aryl methyl sites for hydroxylation is 1. The Balaban J connectivity index is 1.50. The Morgan fingerprint density at radius 1 is 1.28 bits per heavy atom. The summed E-state index contributed by atoms with van der Waals surface area (Å²) in [6, 6.07) is 12.0. The topological polar surface area (TPSA) is 51.7 Å². The molecule has 0 spiro atoms. The first kappa shape index (κ1) is 16.1. The van der Waals surface area contributed by atoms with E-state index >= 15 is 0 Å². The summed E-state index contributed by atoms with van der Waals surface area (Å²) < 4.78 is 11.1. The molecular weight excluding hydrogens is 316 g/mol. The highest BCUT2D eigenvalue weighted by Crippen LogP contribution is 2.35. The maximum Gasteiger partial charge on any atom is 0.254 e. The minimum Gasteiger partial charge on any atom is -0.472 e. The number of fused-ring (bicyclic) bond motifs is 1. The van der Waals surface area contributed by atoms with E-state index in [9.17, 15) is 4.79 Å². The lowest BCUT2D eigenvalue weighted by molar-refractivity contribution is 0.0729. The summed E-state index contributed by atoms with van der Waals surface area (Å²) in [4.78, 5) is 19.0. The number of benzene rings is 1. The van der Waals surface area contributed by atoms with Crippen molar-refractivity contribution in [1.29, 1.82) is 0 Å². The van der Waals surface area contributed by atoms with Crippen molar-refractivity contribution >= 4 is 5.91 Å². The fourth-order valence-corrected chi connectivity index (χ4v) is 3.67. The SMILES string of the molecule is CN(C(=O)c1ccnc(OC2CCOC2)c1)C1CCc2ccccc21. The molecule has 1 amide bonds. The zero-order valence-electron chi connectivity index (χ0n) is 14.4. The van der Waals surface area contributed by atoms with E-state index in [-0.39, 0.29) is 18.1 Å². The lowest BCUT2D eigenvalue weighted by atomic mass is 10.1. The number of amides is 1. The van der Waals surface area contributed by atoms with E-state index in [4.69, 9.17) is 9.47 Å². The summed E-state index contributed by atoms with van der Waals surface area (Å²) in [6.45, 7) is 1.30. The number of carbonyl (C=O) groups is 1. The first-order valence-corrected chi connectivity index (χ1v) is 8.78. The van der Waals surface area contributed by atoms with Crippen LogP contribution in [0.15, 0.2) is 42.6 Å². The van der Waals surface area contributed by atoms with E-state index in [1.165, 1.54) is 11.1 Å². The molecule has 0 saturated carbocycles. The number of carbonyl (C=O) groups excluding carboxylic acids is 1. The highest BCUT2D eigenvalue weighted by Gasteiger charge is 2.29. The molecule has 0 bridgehead atoms. The van der Waals surface area contributed by atoms with Crippen molar-refractivity contribution in [3.8, 4) is 5.88 Å². The predicted molar refractivity (Wildman–Crippen MR) is 93.7 cm³/mol. The van der Waals surface area contributed by atoms with Crippen LogP contribution in [0.5, 0.6) is 5.88 Å². The molecular formula is C20H22N2O3. The van der Waals surface area contributed by atoms with Crippen molar-refractivity contribution in [3.63, 3.8) is 0 Å². The van der Waals surface area contributed by atoms with Crippen molar-refractivity contribution in [2.24, 2.45) is 0 Å². The fourth-order valence-electron chi connectivity index (χ4n) is 3.67. The summed E-state index contributed by atoms with van der Waals surface area (Å²) in [7, 11) is 1.88. The van der Waals surface area contributed by atoms with E-state index < -0.39 is 0 Å². The van der Waals surface area contributed by atoms with Gasteiger partial charge in [-0.1, -0.05) is 24.3 Å². The summed E-state index contributed by atoms with van der Waals surface area (Å²) in [6.07, 6.45) is 4.51. The minimum atomic E-state index is -0.00312. The van der Waals surface area contributed by atoms with E-state index in [0.717, 1.165) is 19.3 Å². The number of ether oxygens (including phenoxy) is 2. The van der Waals surface area contributed by atoms with Gasteiger partial charge in [0.2, 0.25) is 5.88 Å². The normalized spacial score (nSPS) is 21.8. The molecule has 25 heavy (non-hydrogen) atoms. The molecule has 2 heterocycles. The van der Waals surface area contributed by atoms with Gasteiger partial charge in [0.05, 0.1) is 19.3 Å². The Bertz CT molecular complexity index is 771. The second kappa shape index (κ2) is 6.84. The Hall–Kier alpha value is -2.40. The average Bonchev–Trinajstić information content (AvgIpc) is 3.30. The maximum atomic E-state index is 12.9. The summed E-state index contributed by atoms with van der Waals surface area (Å²) >= 11 is 0. The number of hydrogen-bond acceptors (Lipinski definition) is 4. The van der Waals surface area contributed by atoms with Crippen LogP contribution in [0.1, 0.15) is 40.4 Å². The van der Waals surface area contributed by atoms with E-state index in [1.54, 1.807) is 18.3 Å². The lowest BCUT2D eigenvalue weighted by Gasteiger charge is -2.25. The number of hydrogen-bond donors (Lipinski definition) is 0. The molecule has 2 unspecified atom stereocenters. The smallest absolute Gasteiger partial charge is 0.254 e. The third-order valence-electron chi connectivity index (χ3n) is 5.05. The van der Waals surface area contributed by atoms with Gasteiger partial charge in [0.15, 0.2) is 0 Å². The van der Waals surface area contributed by atoms with Gasteiger partial charge in [-0.15, -0.1) is 0 Å². The Morgan fingerprint density at radius 3 is 3.00 bits per heavy atom. The van der Waals surface area contributed by atoms with Crippen molar-refractivity contribution in [1.82, 2.24) is 9.88 Å². The number of nitrogens with zero attached hydrogens (tertiary/aromatic N) is 2. The summed E-state index contributed by atoms with van der Waals surface area (Å²) in [5.41, 5.74) is 3.20. The first-order chi connectivity index (χ1) is 12.2. The second-order valence-electron chi connectivity index (χ2n) is 6.66. The van der Waals surface area contributed by atoms with Crippen LogP contribution in [0.4, 0.5) is 0 Å². The van der Waals surface area contributed by atoms with Gasteiger partial charge in [-0.3, -0.25) is 4.79 Å². The van der Waals surface area contributed by atoms with Gasteiger partial charge < -0.3 is 14.4 Å². The van der Waals surface area contributed by atoms with Gasteiger partial charge in [0.25, 0.3) is 5.91 Å². The molecule has 5 heteroatoms. The Kier molecular flexibility index (Phi) is 4.40.